The van der Waals surface area contributed by atoms with Crippen molar-refractivity contribution in [3.05, 3.63) is 53.3 Å². The molecule has 0 saturated heterocycles. The van der Waals surface area contributed by atoms with E-state index in [0.717, 1.165) is 27.9 Å². The second kappa shape index (κ2) is 5.76. The van der Waals surface area contributed by atoms with Crippen LogP contribution in [0, 0.1) is 0 Å². The quantitative estimate of drug-likeness (QED) is 0.668. The van der Waals surface area contributed by atoms with Crippen molar-refractivity contribution in [3.8, 4) is 5.75 Å². The summed E-state index contributed by atoms with van der Waals surface area (Å²) >= 11 is 6.10. The lowest BCUT2D eigenvalue weighted by Gasteiger charge is -2.30. The summed E-state index contributed by atoms with van der Waals surface area (Å²) in [6, 6.07) is 13.4. The van der Waals surface area contributed by atoms with Crippen LogP contribution in [0.25, 0.3) is 10.9 Å². The Morgan fingerprint density at radius 1 is 1.17 bits per heavy atom. The average Bonchev–Trinajstić information content (AvgIpc) is 2.59. The van der Waals surface area contributed by atoms with Gasteiger partial charge in [-0.15, -0.1) is 0 Å². The van der Waals surface area contributed by atoms with Crippen LogP contribution in [-0.2, 0) is 11.2 Å². The third-order valence-electron chi connectivity index (χ3n) is 4.11. The topological polar surface area (TPSA) is 55.3 Å². The third kappa shape index (κ3) is 2.47. The molecule has 0 spiro atoms. The zero-order chi connectivity index (χ0) is 16.7. The van der Waals surface area contributed by atoms with Crippen LogP contribution in [0.1, 0.15) is 5.56 Å². The molecular formula is C18H14ClN3O2. The predicted octanol–water partition coefficient (Wildman–Crippen LogP) is 3.56. The van der Waals surface area contributed by atoms with Gasteiger partial charge >= 0.3 is 0 Å². The number of carbonyl (C=O) groups is 1. The maximum atomic E-state index is 12.3. The summed E-state index contributed by atoms with van der Waals surface area (Å²) in [5, 5.41) is 1.02. The molecule has 0 fully saturated rings. The molecule has 0 saturated carbocycles. The van der Waals surface area contributed by atoms with E-state index in [2.05, 4.69) is 9.97 Å². The van der Waals surface area contributed by atoms with Crippen molar-refractivity contribution in [1.29, 1.82) is 0 Å². The van der Waals surface area contributed by atoms with E-state index in [0.29, 0.717) is 12.2 Å². The van der Waals surface area contributed by atoms with E-state index < -0.39 is 0 Å². The molecule has 0 N–H and O–H groups in total. The summed E-state index contributed by atoms with van der Waals surface area (Å²) in [5.41, 5.74) is 2.61. The van der Waals surface area contributed by atoms with Crippen LogP contribution in [0.4, 0.5) is 11.5 Å². The standard InChI is InChI=1S/C18H14ClN3O2/c1-24-13-6-7-16-11(9-13)8-12(23)10-22(16)17-14-4-2-3-5-15(14)20-18(19)21-17/h2-7,9H,8,10H2,1H3. The molecule has 0 bridgehead atoms. The molecule has 0 aliphatic carbocycles. The van der Waals surface area contributed by atoms with Crippen LogP contribution in [-0.4, -0.2) is 29.4 Å². The molecule has 6 heteroatoms. The molecule has 1 aliphatic rings. The number of anilines is 2. The van der Waals surface area contributed by atoms with Crippen molar-refractivity contribution in [2.45, 2.75) is 6.42 Å². The number of hydrogen-bond donors (Lipinski definition) is 0. The van der Waals surface area contributed by atoms with E-state index in [1.54, 1.807) is 7.11 Å². The first-order valence-electron chi connectivity index (χ1n) is 7.54. The number of carbonyl (C=O) groups excluding carboxylic acids is 1. The number of ketones is 1. The van der Waals surface area contributed by atoms with Gasteiger partial charge in [0.25, 0.3) is 0 Å². The van der Waals surface area contributed by atoms with E-state index in [1.165, 1.54) is 0 Å². The highest BCUT2D eigenvalue weighted by Crippen LogP contribution is 2.37. The minimum absolute atomic E-state index is 0.120. The number of para-hydroxylation sites is 1. The molecule has 120 valence electrons. The Morgan fingerprint density at radius 3 is 2.83 bits per heavy atom. The van der Waals surface area contributed by atoms with E-state index in [-0.39, 0.29) is 17.6 Å². The summed E-state index contributed by atoms with van der Waals surface area (Å²) in [5.74, 6) is 1.49. The Balaban J connectivity index is 1.94. The minimum atomic E-state index is 0.120. The van der Waals surface area contributed by atoms with Gasteiger partial charge in [0.15, 0.2) is 5.78 Å². The molecule has 5 nitrogen and oxygen atoms in total. The second-order valence-corrected chi connectivity index (χ2v) is 5.97. The first-order chi connectivity index (χ1) is 11.7. The smallest absolute Gasteiger partial charge is 0.224 e. The van der Waals surface area contributed by atoms with Crippen LogP contribution >= 0.6 is 11.6 Å². The molecule has 0 amide bonds. The van der Waals surface area contributed by atoms with Crippen LogP contribution < -0.4 is 9.64 Å². The predicted molar refractivity (Wildman–Crippen MR) is 93.3 cm³/mol. The van der Waals surface area contributed by atoms with Gasteiger partial charge in [0.2, 0.25) is 5.28 Å². The third-order valence-corrected chi connectivity index (χ3v) is 4.28. The Morgan fingerprint density at radius 2 is 2.00 bits per heavy atom. The molecule has 2 heterocycles. The van der Waals surface area contributed by atoms with Gasteiger partial charge in [0.05, 0.1) is 19.2 Å². The lowest BCUT2D eigenvalue weighted by atomic mass is 10.00. The first-order valence-corrected chi connectivity index (χ1v) is 7.92. The minimum Gasteiger partial charge on any atom is -0.497 e. The molecule has 0 atom stereocenters. The number of nitrogens with zero attached hydrogens (tertiary/aromatic N) is 3. The van der Waals surface area contributed by atoms with Gasteiger partial charge in [-0.25, -0.2) is 4.98 Å². The molecule has 3 aromatic rings. The first kappa shape index (κ1) is 14.9. The Hall–Kier alpha value is -2.66. The highest BCUT2D eigenvalue weighted by atomic mass is 35.5. The van der Waals surface area contributed by atoms with Crippen molar-refractivity contribution >= 4 is 39.8 Å². The zero-order valence-corrected chi connectivity index (χ0v) is 13.7. The van der Waals surface area contributed by atoms with E-state index >= 15 is 0 Å². The zero-order valence-electron chi connectivity index (χ0n) is 13.0. The van der Waals surface area contributed by atoms with Gasteiger partial charge in [0, 0.05) is 17.5 Å². The molecule has 0 unspecified atom stereocenters. The second-order valence-electron chi connectivity index (χ2n) is 5.63. The Kier molecular flexibility index (Phi) is 3.58. The van der Waals surface area contributed by atoms with Gasteiger partial charge in [-0.05, 0) is 47.5 Å². The average molecular weight is 340 g/mol. The molecule has 0 radical (unpaired) electrons. The number of hydrogen-bond acceptors (Lipinski definition) is 5. The van der Waals surface area contributed by atoms with Crippen LogP contribution in [0.15, 0.2) is 42.5 Å². The van der Waals surface area contributed by atoms with Gasteiger partial charge in [-0.2, -0.15) is 4.98 Å². The molecule has 1 aromatic heterocycles. The van der Waals surface area contributed by atoms with Gasteiger partial charge in [-0.1, -0.05) is 12.1 Å². The van der Waals surface area contributed by atoms with Crippen LogP contribution in [0.5, 0.6) is 5.75 Å². The fourth-order valence-corrected chi connectivity index (χ4v) is 3.22. The molecule has 1 aliphatic heterocycles. The number of rotatable bonds is 2. The molecular weight excluding hydrogens is 326 g/mol. The fourth-order valence-electron chi connectivity index (χ4n) is 3.05. The Bertz CT molecular complexity index is 958. The van der Waals surface area contributed by atoms with Gasteiger partial charge < -0.3 is 9.64 Å². The Labute approximate surface area is 143 Å². The van der Waals surface area contributed by atoms with Crippen molar-refractivity contribution in [3.63, 3.8) is 0 Å². The SMILES string of the molecule is COc1ccc2c(c1)CC(=O)CN2c1nc(Cl)nc2ccccc12. The molecule has 2 aromatic carbocycles. The number of ether oxygens (including phenoxy) is 1. The van der Waals surface area contributed by atoms with Crippen LogP contribution in [0.2, 0.25) is 5.28 Å². The number of fused-ring (bicyclic) bond motifs is 2. The fraction of sp³-hybridized carbons (Fsp3) is 0.167. The monoisotopic (exact) mass is 339 g/mol. The molecule has 4 rings (SSSR count). The van der Waals surface area contributed by atoms with Crippen molar-refractivity contribution < 1.29 is 9.53 Å². The lowest BCUT2D eigenvalue weighted by molar-refractivity contribution is -0.117. The highest BCUT2D eigenvalue weighted by molar-refractivity contribution is 6.29. The van der Waals surface area contributed by atoms with E-state index in [4.69, 9.17) is 16.3 Å². The van der Waals surface area contributed by atoms with E-state index in [1.807, 2.05) is 47.4 Å². The maximum Gasteiger partial charge on any atom is 0.224 e. The van der Waals surface area contributed by atoms with Crippen molar-refractivity contribution in [2.24, 2.45) is 0 Å². The number of aromatic nitrogens is 2. The van der Waals surface area contributed by atoms with Crippen molar-refractivity contribution in [1.82, 2.24) is 9.97 Å². The number of methoxy groups -OCH3 is 1. The number of Topliss-reactive ketones (excluding diaryl/α,β-unsaturated/α-hetero) is 1. The van der Waals surface area contributed by atoms with E-state index in [9.17, 15) is 4.79 Å². The summed E-state index contributed by atoms with van der Waals surface area (Å²) in [7, 11) is 1.61. The molecule has 24 heavy (non-hydrogen) atoms. The summed E-state index contributed by atoms with van der Waals surface area (Å²) in [6.45, 7) is 0.261. The summed E-state index contributed by atoms with van der Waals surface area (Å²) in [6.07, 6.45) is 0.389. The largest absolute Gasteiger partial charge is 0.497 e. The number of halogens is 1. The lowest BCUT2D eigenvalue weighted by Crippen LogP contribution is -2.32. The van der Waals surface area contributed by atoms with Gasteiger partial charge in [0.1, 0.15) is 11.6 Å². The summed E-state index contributed by atoms with van der Waals surface area (Å²) in [4.78, 5) is 22.8. The van der Waals surface area contributed by atoms with Crippen LogP contribution in [0.3, 0.4) is 0 Å². The summed E-state index contributed by atoms with van der Waals surface area (Å²) < 4.78 is 5.27. The number of benzene rings is 2. The maximum absolute atomic E-state index is 12.3. The van der Waals surface area contributed by atoms with Crippen molar-refractivity contribution in [2.75, 3.05) is 18.6 Å². The highest BCUT2D eigenvalue weighted by Gasteiger charge is 2.26. The van der Waals surface area contributed by atoms with Gasteiger partial charge in [-0.3, -0.25) is 4.79 Å². The normalized spacial score (nSPS) is 13.9.